The third kappa shape index (κ3) is 2.39. The van der Waals surface area contributed by atoms with Gasteiger partial charge in [0.2, 0.25) is 0 Å². The molecular formula is C9H12N2OS. The van der Waals surface area contributed by atoms with Crippen LogP contribution in [-0.4, -0.2) is 20.0 Å². The molecule has 0 saturated heterocycles. The molecule has 0 fully saturated rings. The predicted octanol–water partition coefficient (Wildman–Crippen LogP) is 1.33. The number of nitrogens with zero attached hydrogens (tertiary/aromatic N) is 1. The van der Waals surface area contributed by atoms with Gasteiger partial charge in [-0.25, -0.2) is 0 Å². The molecule has 13 heavy (non-hydrogen) atoms. The fourth-order valence-electron chi connectivity index (χ4n) is 0.993. The minimum atomic E-state index is -0.0861. The van der Waals surface area contributed by atoms with Crippen LogP contribution in [0.3, 0.4) is 0 Å². The van der Waals surface area contributed by atoms with Crippen LogP contribution in [0.15, 0.2) is 24.3 Å². The van der Waals surface area contributed by atoms with Gasteiger partial charge in [0.25, 0.3) is 5.91 Å². The molecule has 0 aliphatic heterocycles. The van der Waals surface area contributed by atoms with E-state index in [2.05, 4.69) is 18.1 Å². The molecule has 0 bridgehead atoms. The second-order valence-electron chi connectivity index (χ2n) is 2.65. The van der Waals surface area contributed by atoms with E-state index >= 15 is 0 Å². The molecule has 0 radical (unpaired) electrons. The molecule has 1 aromatic carbocycles. The Labute approximate surface area is 83.3 Å². The van der Waals surface area contributed by atoms with E-state index in [4.69, 9.17) is 0 Å². The number of carbonyl (C=O) groups is 1. The monoisotopic (exact) mass is 196 g/mol. The second-order valence-corrected chi connectivity index (χ2v) is 3.25. The van der Waals surface area contributed by atoms with E-state index in [1.54, 1.807) is 23.5 Å². The topological polar surface area (TPSA) is 32.3 Å². The van der Waals surface area contributed by atoms with Gasteiger partial charge in [-0.05, 0) is 18.2 Å². The molecule has 0 atom stereocenters. The summed E-state index contributed by atoms with van der Waals surface area (Å²) in [6.45, 7) is 0. The highest BCUT2D eigenvalue weighted by atomic mass is 32.1. The van der Waals surface area contributed by atoms with Crippen LogP contribution < -0.4 is 9.62 Å². The van der Waals surface area contributed by atoms with Gasteiger partial charge in [-0.15, -0.1) is 0 Å². The van der Waals surface area contributed by atoms with Gasteiger partial charge in [0.15, 0.2) is 0 Å². The fourth-order valence-corrected chi connectivity index (χ4v) is 1.12. The maximum atomic E-state index is 11.2. The molecular weight excluding hydrogens is 184 g/mol. The molecule has 1 aromatic rings. The van der Waals surface area contributed by atoms with Crippen molar-refractivity contribution >= 4 is 24.4 Å². The lowest BCUT2D eigenvalue weighted by molar-refractivity contribution is 0.0963. The highest BCUT2D eigenvalue weighted by molar-refractivity contribution is 7.81. The number of anilines is 1. The molecule has 0 aliphatic carbocycles. The summed E-state index contributed by atoms with van der Waals surface area (Å²) in [6, 6.07) is 7.26. The summed E-state index contributed by atoms with van der Waals surface area (Å²) < 4.78 is 1.66. The number of hydrogen-bond acceptors (Lipinski definition) is 3. The van der Waals surface area contributed by atoms with E-state index in [0.717, 1.165) is 5.69 Å². The zero-order chi connectivity index (χ0) is 9.84. The Morgan fingerprint density at radius 1 is 1.54 bits per heavy atom. The Morgan fingerprint density at radius 2 is 2.23 bits per heavy atom. The average molecular weight is 196 g/mol. The van der Waals surface area contributed by atoms with Crippen molar-refractivity contribution in [1.29, 1.82) is 0 Å². The SMILES string of the molecule is CNC(=O)c1cccc(N(C)S)c1. The van der Waals surface area contributed by atoms with E-state index in [1.807, 2.05) is 19.2 Å². The number of hydrogen-bond donors (Lipinski definition) is 2. The molecule has 70 valence electrons. The van der Waals surface area contributed by atoms with Crippen LogP contribution >= 0.6 is 12.8 Å². The van der Waals surface area contributed by atoms with Gasteiger partial charge in [-0.1, -0.05) is 18.9 Å². The lowest BCUT2D eigenvalue weighted by Crippen LogP contribution is -2.18. The molecule has 0 heterocycles. The van der Waals surface area contributed by atoms with Crippen molar-refractivity contribution < 1.29 is 4.79 Å². The number of carbonyl (C=O) groups excluding carboxylic acids is 1. The molecule has 4 heteroatoms. The molecule has 0 spiro atoms. The van der Waals surface area contributed by atoms with Gasteiger partial charge in [-0.2, -0.15) is 0 Å². The number of rotatable bonds is 2. The lowest BCUT2D eigenvalue weighted by atomic mass is 10.2. The van der Waals surface area contributed by atoms with Crippen molar-refractivity contribution in [2.75, 3.05) is 18.4 Å². The Hall–Kier alpha value is -1.16. The molecule has 0 unspecified atom stereocenters. The molecule has 1 rings (SSSR count). The largest absolute Gasteiger partial charge is 0.355 e. The Bertz CT molecular complexity index is 312. The molecule has 0 aromatic heterocycles. The van der Waals surface area contributed by atoms with Crippen molar-refractivity contribution in [3.05, 3.63) is 29.8 Å². The zero-order valence-corrected chi connectivity index (χ0v) is 8.51. The maximum Gasteiger partial charge on any atom is 0.251 e. The molecule has 0 saturated carbocycles. The van der Waals surface area contributed by atoms with E-state index < -0.39 is 0 Å². The van der Waals surface area contributed by atoms with Crippen molar-refractivity contribution in [3.8, 4) is 0 Å². The first-order valence-electron chi connectivity index (χ1n) is 3.90. The highest BCUT2D eigenvalue weighted by Gasteiger charge is 2.03. The molecule has 1 N–H and O–H groups in total. The summed E-state index contributed by atoms with van der Waals surface area (Å²) in [7, 11) is 3.42. The third-order valence-corrected chi connectivity index (χ3v) is 1.94. The van der Waals surface area contributed by atoms with Gasteiger partial charge >= 0.3 is 0 Å². The van der Waals surface area contributed by atoms with Crippen LogP contribution in [0.4, 0.5) is 5.69 Å². The quantitative estimate of drug-likeness (QED) is 0.699. The fraction of sp³-hybridized carbons (Fsp3) is 0.222. The smallest absolute Gasteiger partial charge is 0.251 e. The maximum absolute atomic E-state index is 11.2. The van der Waals surface area contributed by atoms with Crippen molar-refractivity contribution in [2.24, 2.45) is 0 Å². The normalized spacial score (nSPS) is 9.46. The van der Waals surface area contributed by atoms with Crippen LogP contribution in [0.5, 0.6) is 0 Å². The van der Waals surface area contributed by atoms with Gasteiger partial charge in [0.1, 0.15) is 0 Å². The first-order chi connectivity index (χ1) is 6.15. The van der Waals surface area contributed by atoms with E-state index in [1.165, 1.54) is 0 Å². The van der Waals surface area contributed by atoms with E-state index in [9.17, 15) is 4.79 Å². The molecule has 3 nitrogen and oxygen atoms in total. The van der Waals surface area contributed by atoms with Crippen molar-refractivity contribution in [1.82, 2.24) is 5.32 Å². The summed E-state index contributed by atoms with van der Waals surface area (Å²) in [5, 5.41) is 2.57. The third-order valence-electron chi connectivity index (χ3n) is 1.71. The van der Waals surface area contributed by atoms with Crippen LogP contribution in [0.2, 0.25) is 0 Å². The predicted molar refractivity (Wildman–Crippen MR) is 57.2 cm³/mol. The summed E-state index contributed by atoms with van der Waals surface area (Å²) in [6.07, 6.45) is 0. The summed E-state index contributed by atoms with van der Waals surface area (Å²) in [5.74, 6) is -0.0861. The number of nitrogens with one attached hydrogen (secondary N) is 1. The summed E-state index contributed by atoms with van der Waals surface area (Å²) in [4.78, 5) is 11.2. The number of benzene rings is 1. The molecule has 1 amide bonds. The Kier molecular flexibility index (Phi) is 3.19. The first-order valence-corrected chi connectivity index (χ1v) is 4.30. The van der Waals surface area contributed by atoms with E-state index in [0.29, 0.717) is 5.56 Å². The first kappa shape index (κ1) is 9.92. The standard InChI is InChI=1S/C9H12N2OS/c1-10-9(12)7-4-3-5-8(6-7)11(2)13/h3-6,13H,1-2H3,(H,10,12). The van der Waals surface area contributed by atoms with Crippen LogP contribution in [0.25, 0.3) is 0 Å². The van der Waals surface area contributed by atoms with Crippen LogP contribution in [0, 0.1) is 0 Å². The lowest BCUT2D eigenvalue weighted by Gasteiger charge is -2.11. The van der Waals surface area contributed by atoms with Crippen molar-refractivity contribution in [3.63, 3.8) is 0 Å². The average Bonchev–Trinajstić information content (AvgIpc) is 2.17. The summed E-state index contributed by atoms with van der Waals surface area (Å²) >= 11 is 4.13. The van der Waals surface area contributed by atoms with Crippen LogP contribution in [0.1, 0.15) is 10.4 Å². The number of amides is 1. The van der Waals surface area contributed by atoms with Gasteiger partial charge in [0, 0.05) is 25.3 Å². The number of thiol groups is 1. The minimum absolute atomic E-state index is 0.0861. The zero-order valence-electron chi connectivity index (χ0n) is 7.61. The Balaban J connectivity index is 2.98. The minimum Gasteiger partial charge on any atom is -0.355 e. The second kappa shape index (κ2) is 4.18. The van der Waals surface area contributed by atoms with Crippen molar-refractivity contribution in [2.45, 2.75) is 0 Å². The van der Waals surface area contributed by atoms with Gasteiger partial charge in [-0.3, -0.25) is 4.79 Å². The van der Waals surface area contributed by atoms with Crippen LogP contribution in [-0.2, 0) is 0 Å². The Morgan fingerprint density at radius 3 is 2.77 bits per heavy atom. The molecule has 0 aliphatic rings. The highest BCUT2D eigenvalue weighted by Crippen LogP contribution is 2.15. The van der Waals surface area contributed by atoms with E-state index in [-0.39, 0.29) is 5.91 Å². The summed E-state index contributed by atoms with van der Waals surface area (Å²) in [5.41, 5.74) is 1.53. The van der Waals surface area contributed by atoms with Gasteiger partial charge in [0.05, 0.1) is 0 Å². The van der Waals surface area contributed by atoms with Gasteiger partial charge < -0.3 is 9.62 Å².